The van der Waals surface area contributed by atoms with Gasteiger partial charge >= 0.3 is 0 Å². The average molecular weight is 255 g/mol. The Morgan fingerprint density at radius 2 is 2.12 bits per heavy atom. The largest absolute Gasteiger partial charge is 0.306 e. The van der Waals surface area contributed by atoms with Crippen LogP contribution in [-0.2, 0) is 0 Å². The van der Waals surface area contributed by atoms with Crippen LogP contribution in [0.25, 0.3) is 10.1 Å². The van der Waals surface area contributed by atoms with Crippen molar-refractivity contribution in [2.75, 3.05) is 7.05 Å². The molecule has 5 heteroatoms. The monoisotopic (exact) mass is 255 g/mol. The Balaban J connectivity index is 2.35. The van der Waals surface area contributed by atoms with Gasteiger partial charge < -0.3 is 5.32 Å². The first kappa shape index (κ1) is 12.1. The maximum atomic E-state index is 12.6. The minimum absolute atomic E-state index is 0.319. The topological polar surface area (TPSA) is 29.1 Å². The van der Waals surface area contributed by atoms with E-state index in [9.17, 15) is 13.6 Å². The molecule has 17 heavy (non-hydrogen) atoms. The smallest absolute Gasteiger partial charge is 0.261 e. The van der Waals surface area contributed by atoms with Crippen LogP contribution in [0.2, 0.25) is 0 Å². The number of benzene rings is 1. The zero-order chi connectivity index (χ0) is 12.4. The molecule has 0 spiro atoms. The molecule has 2 nitrogen and oxygen atoms in total. The highest BCUT2D eigenvalue weighted by Gasteiger charge is 2.27. The number of nitrogens with one attached hydrogen (secondary N) is 1. The average Bonchev–Trinajstić information content (AvgIpc) is 2.75. The highest BCUT2D eigenvalue weighted by Crippen LogP contribution is 2.23. The van der Waals surface area contributed by atoms with Crippen molar-refractivity contribution in [2.45, 2.75) is 12.5 Å². The molecular weight excluding hydrogens is 244 g/mol. The van der Waals surface area contributed by atoms with Gasteiger partial charge in [-0.2, -0.15) is 0 Å². The van der Waals surface area contributed by atoms with Gasteiger partial charge in [-0.3, -0.25) is 4.79 Å². The number of thiophene rings is 1. The van der Waals surface area contributed by atoms with Gasteiger partial charge in [0.25, 0.3) is 6.43 Å². The second-order valence-corrected chi connectivity index (χ2v) is 4.59. The number of carbonyl (C=O) groups excluding carboxylic acids is 1. The summed E-state index contributed by atoms with van der Waals surface area (Å²) in [6.45, 7) is 0. The minimum Gasteiger partial charge on any atom is -0.306 e. The normalized spacial score (nSPS) is 13.2. The van der Waals surface area contributed by atoms with E-state index in [2.05, 4.69) is 5.32 Å². The van der Waals surface area contributed by atoms with Crippen molar-refractivity contribution in [3.8, 4) is 0 Å². The van der Waals surface area contributed by atoms with Crippen molar-refractivity contribution in [1.82, 2.24) is 5.32 Å². The van der Waals surface area contributed by atoms with Gasteiger partial charge in [-0.15, -0.1) is 11.3 Å². The molecule has 1 heterocycles. The first-order chi connectivity index (χ1) is 8.13. The quantitative estimate of drug-likeness (QED) is 0.851. The van der Waals surface area contributed by atoms with Crippen LogP contribution in [0.15, 0.2) is 29.6 Å². The number of ketones is 1. The van der Waals surface area contributed by atoms with Gasteiger partial charge in [0.05, 0.1) is 0 Å². The maximum absolute atomic E-state index is 12.6. The molecule has 1 N–H and O–H groups in total. The molecule has 1 aromatic carbocycles. The number of likely N-dealkylation sites (N-methyl/N-ethyl adjacent to an activating group) is 1. The van der Waals surface area contributed by atoms with E-state index < -0.39 is 18.3 Å². The third kappa shape index (κ3) is 2.35. The summed E-state index contributed by atoms with van der Waals surface area (Å²) in [4.78, 5) is 11.8. The highest BCUT2D eigenvalue weighted by atomic mass is 32.1. The van der Waals surface area contributed by atoms with Crippen molar-refractivity contribution in [1.29, 1.82) is 0 Å². The summed E-state index contributed by atoms with van der Waals surface area (Å²) >= 11 is 1.49. The van der Waals surface area contributed by atoms with Crippen molar-refractivity contribution < 1.29 is 13.6 Å². The lowest BCUT2D eigenvalue weighted by Crippen LogP contribution is -2.40. The Bertz CT molecular complexity index is 538. The van der Waals surface area contributed by atoms with Gasteiger partial charge in [0.2, 0.25) is 0 Å². The van der Waals surface area contributed by atoms with Crippen LogP contribution < -0.4 is 5.32 Å². The molecule has 0 bridgehead atoms. The molecule has 0 saturated heterocycles. The summed E-state index contributed by atoms with van der Waals surface area (Å²) in [6.07, 6.45) is -2.70. The third-order valence-corrected chi connectivity index (χ3v) is 3.47. The van der Waals surface area contributed by atoms with E-state index in [0.717, 1.165) is 10.1 Å². The molecule has 0 fully saturated rings. The fourth-order valence-electron chi connectivity index (χ4n) is 1.66. The van der Waals surface area contributed by atoms with Gasteiger partial charge in [0.1, 0.15) is 6.04 Å². The molecule has 1 unspecified atom stereocenters. The van der Waals surface area contributed by atoms with Gasteiger partial charge in [0, 0.05) is 10.3 Å². The molecular formula is C12H11F2NOS. The molecule has 0 radical (unpaired) electrons. The standard InChI is InChI=1S/C12H11F2NOS/c1-15-10(12(13)14)11(16)8-3-2-7-4-5-17-9(7)6-8/h2-6,10,12,15H,1H3. The van der Waals surface area contributed by atoms with Crippen LogP contribution in [-0.4, -0.2) is 25.3 Å². The van der Waals surface area contributed by atoms with Crippen molar-refractivity contribution in [3.05, 3.63) is 35.2 Å². The van der Waals surface area contributed by atoms with Crippen molar-refractivity contribution in [3.63, 3.8) is 0 Å². The van der Waals surface area contributed by atoms with E-state index in [-0.39, 0.29) is 0 Å². The number of alkyl halides is 2. The Morgan fingerprint density at radius 1 is 1.35 bits per heavy atom. The molecule has 2 rings (SSSR count). The fourth-order valence-corrected chi connectivity index (χ4v) is 2.49. The van der Waals surface area contributed by atoms with E-state index in [1.807, 2.05) is 11.4 Å². The first-order valence-corrected chi connectivity index (χ1v) is 5.98. The summed E-state index contributed by atoms with van der Waals surface area (Å²) in [7, 11) is 1.36. The van der Waals surface area contributed by atoms with E-state index in [0.29, 0.717) is 5.56 Å². The Morgan fingerprint density at radius 3 is 2.76 bits per heavy atom. The van der Waals surface area contributed by atoms with E-state index in [4.69, 9.17) is 0 Å². The molecule has 0 amide bonds. The molecule has 90 valence electrons. The number of rotatable bonds is 4. The number of fused-ring (bicyclic) bond motifs is 1. The maximum Gasteiger partial charge on any atom is 0.261 e. The number of halogens is 2. The summed E-state index contributed by atoms with van der Waals surface area (Å²) in [5, 5.41) is 5.27. The van der Waals surface area contributed by atoms with Gasteiger partial charge in [-0.1, -0.05) is 12.1 Å². The van der Waals surface area contributed by atoms with Gasteiger partial charge in [-0.05, 0) is 29.9 Å². The number of carbonyl (C=O) groups is 1. The lowest BCUT2D eigenvalue weighted by molar-refractivity contribution is 0.0688. The van der Waals surface area contributed by atoms with E-state index in [1.54, 1.807) is 18.2 Å². The van der Waals surface area contributed by atoms with E-state index >= 15 is 0 Å². The number of hydrogen-bond acceptors (Lipinski definition) is 3. The van der Waals surface area contributed by atoms with Crippen LogP contribution >= 0.6 is 11.3 Å². The molecule has 1 aromatic heterocycles. The highest BCUT2D eigenvalue weighted by molar-refractivity contribution is 7.17. The zero-order valence-electron chi connectivity index (χ0n) is 9.11. The predicted molar refractivity (Wildman–Crippen MR) is 65.0 cm³/mol. The summed E-state index contributed by atoms with van der Waals surface area (Å²) in [6, 6.07) is 5.51. The summed E-state index contributed by atoms with van der Waals surface area (Å²) < 4.78 is 26.1. The molecule has 0 aliphatic rings. The van der Waals surface area contributed by atoms with E-state index in [1.165, 1.54) is 18.4 Å². The van der Waals surface area contributed by atoms with Crippen LogP contribution in [0.4, 0.5) is 8.78 Å². The van der Waals surface area contributed by atoms with Crippen LogP contribution in [0.5, 0.6) is 0 Å². The SMILES string of the molecule is CNC(C(=O)c1ccc2ccsc2c1)C(F)F. The number of hydrogen-bond donors (Lipinski definition) is 1. The Labute approximate surface area is 101 Å². The summed E-state index contributed by atoms with van der Waals surface area (Å²) in [5.41, 5.74) is 0.319. The minimum atomic E-state index is -2.70. The predicted octanol–water partition coefficient (Wildman–Crippen LogP) is 2.94. The van der Waals surface area contributed by atoms with Crippen molar-refractivity contribution >= 4 is 27.2 Å². The lowest BCUT2D eigenvalue weighted by atomic mass is 10.0. The molecule has 0 saturated carbocycles. The van der Waals surface area contributed by atoms with Crippen molar-refractivity contribution in [2.24, 2.45) is 0 Å². The molecule has 2 aromatic rings. The first-order valence-electron chi connectivity index (χ1n) is 5.10. The van der Waals surface area contributed by atoms with Crippen LogP contribution in [0.3, 0.4) is 0 Å². The zero-order valence-corrected chi connectivity index (χ0v) is 9.93. The Kier molecular flexibility index (Phi) is 3.49. The fraction of sp³-hybridized carbons (Fsp3) is 0.250. The lowest BCUT2D eigenvalue weighted by Gasteiger charge is -2.13. The second-order valence-electron chi connectivity index (χ2n) is 3.64. The van der Waals surface area contributed by atoms with Crippen LogP contribution in [0.1, 0.15) is 10.4 Å². The third-order valence-electron chi connectivity index (χ3n) is 2.59. The number of Topliss-reactive ketones (excluding diaryl/α,β-unsaturated/α-hetero) is 1. The Hall–Kier alpha value is -1.33. The second kappa shape index (κ2) is 4.89. The summed E-state index contributed by atoms with van der Waals surface area (Å²) in [5.74, 6) is -0.571. The molecule has 0 aliphatic heterocycles. The van der Waals surface area contributed by atoms with Gasteiger partial charge in [-0.25, -0.2) is 8.78 Å². The van der Waals surface area contributed by atoms with Crippen LogP contribution in [0, 0.1) is 0 Å². The molecule has 0 aliphatic carbocycles. The van der Waals surface area contributed by atoms with Gasteiger partial charge in [0.15, 0.2) is 5.78 Å². The molecule has 1 atom stereocenters.